The summed E-state index contributed by atoms with van der Waals surface area (Å²) in [5.74, 6) is -0.287. The van der Waals surface area contributed by atoms with E-state index in [0.717, 1.165) is 16.1 Å². The second-order valence-electron chi connectivity index (χ2n) is 6.09. The van der Waals surface area contributed by atoms with Gasteiger partial charge in [0.1, 0.15) is 6.54 Å². The Morgan fingerprint density at radius 1 is 1.32 bits per heavy atom. The summed E-state index contributed by atoms with van der Waals surface area (Å²) in [7, 11) is 0. The number of fused-ring (bicyclic) bond motifs is 1. The predicted molar refractivity (Wildman–Crippen MR) is 104 cm³/mol. The van der Waals surface area contributed by atoms with E-state index >= 15 is 0 Å². The molecule has 6 heteroatoms. The number of aryl methyl sites for hydroxylation is 1. The Kier molecular flexibility index (Phi) is 5.35. The third-order valence-electron chi connectivity index (χ3n) is 4.00. The average Bonchev–Trinajstić information content (AvgIpc) is 2.67. The van der Waals surface area contributed by atoms with Crippen molar-refractivity contribution in [2.45, 2.75) is 30.4 Å². The first-order valence-electron chi connectivity index (χ1n) is 8.06. The molecular weight excluding hydrogens is 356 g/mol. The van der Waals surface area contributed by atoms with Crippen molar-refractivity contribution in [1.82, 2.24) is 0 Å². The van der Waals surface area contributed by atoms with Crippen LogP contribution in [0.2, 0.25) is 5.02 Å². The highest BCUT2D eigenvalue weighted by atomic mass is 35.5. The van der Waals surface area contributed by atoms with Gasteiger partial charge in [0, 0.05) is 27.3 Å². The van der Waals surface area contributed by atoms with Crippen molar-refractivity contribution in [3.8, 4) is 0 Å². The number of amides is 2. The Morgan fingerprint density at radius 3 is 2.84 bits per heavy atom. The number of benzene rings is 2. The van der Waals surface area contributed by atoms with Crippen LogP contribution in [-0.2, 0) is 9.59 Å². The zero-order chi connectivity index (χ0) is 18.0. The minimum absolute atomic E-state index is 0.0192. The topological polar surface area (TPSA) is 49.4 Å². The summed E-state index contributed by atoms with van der Waals surface area (Å²) < 4.78 is 0. The summed E-state index contributed by atoms with van der Waals surface area (Å²) in [4.78, 5) is 27.6. The second kappa shape index (κ2) is 7.50. The van der Waals surface area contributed by atoms with E-state index in [4.69, 9.17) is 11.6 Å². The molecule has 130 valence electrons. The Morgan fingerprint density at radius 2 is 2.08 bits per heavy atom. The smallest absolute Gasteiger partial charge is 0.244 e. The van der Waals surface area contributed by atoms with Crippen LogP contribution in [0.4, 0.5) is 11.4 Å². The molecule has 0 aliphatic carbocycles. The molecule has 1 aliphatic rings. The highest BCUT2D eigenvalue weighted by molar-refractivity contribution is 8.00. The molecule has 0 spiro atoms. The Labute approximate surface area is 156 Å². The van der Waals surface area contributed by atoms with E-state index in [1.807, 2.05) is 44.2 Å². The highest BCUT2D eigenvalue weighted by Crippen LogP contribution is 2.37. The van der Waals surface area contributed by atoms with Gasteiger partial charge in [-0.1, -0.05) is 36.7 Å². The van der Waals surface area contributed by atoms with Crippen molar-refractivity contribution in [3.63, 3.8) is 0 Å². The van der Waals surface area contributed by atoms with Crippen molar-refractivity contribution in [2.75, 3.05) is 16.8 Å². The minimum atomic E-state index is -0.248. The fourth-order valence-corrected chi connectivity index (χ4v) is 4.01. The lowest BCUT2D eigenvalue weighted by atomic mass is 10.2. The van der Waals surface area contributed by atoms with Crippen molar-refractivity contribution in [1.29, 1.82) is 0 Å². The van der Waals surface area contributed by atoms with Gasteiger partial charge in [-0.3, -0.25) is 9.59 Å². The number of thioether (sulfide) groups is 1. The predicted octanol–water partition coefficient (Wildman–Crippen LogP) is 4.50. The average molecular weight is 375 g/mol. The largest absolute Gasteiger partial charge is 0.324 e. The summed E-state index contributed by atoms with van der Waals surface area (Å²) in [5, 5.41) is 3.59. The fourth-order valence-electron chi connectivity index (χ4n) is 2.72. The van der Waals surface area contributed by atoms with Crippen LogP contribution < -0.4 is 10.2 Å². The molecule has 0 fully saturated rings. The van der Waals surface area contributed by atoms with E-state index in [2.05, 4.69) is 5.32 Å². The molecule has 2 aromatic rings. The first kappa shape index (κ1) is 17.8. The summed E-state index contributed by atoms with van der Waals surface area (Å²) in [6, 6.07) is 13.1. The van der Waals surface area contributed by atoms with Crippen LogP contribution in [0, 0.1) is 6.92 Å². The molecule has 25 heavy (non-hydrogen) atoms. The standard InChI is InChI=1S/C19H19ClN2O2S/c1-12-7-8-14(10-15(12)20)21-18(23)11-22-16-5-3-4-6-17(16)25-13(2)9-19(22)24/h3-8,10,13H,9,11H2,1-2H3,(H,21,23)/t13-/m0/s1. The number of hydrogen-bond acceptors (Lipinski definition) is 3. The molecule has 4 nitrogen and oxygen atoms in total. The number of para-hydroxylation sites is 1. The summed E-state index contributed by atoms with van der Waals surface area (Å²) in [6.45, 7) is 3.91. The van der Waals surface area contributed by atoms with Gasteiger partial charge in [0.15, 0.2) is 0 Å². The van der Waals surface area contributed by atoms with Crippen LogP contribution in [0.3, 0.4) is 0 Å². The molecule has 0 aromatic heterocycles. The Balaban J connectivity index is 1.79. The van der Waals surface area contributed by atoms with Gasteiger partial charge in [-0.05, 0) is 36.8 Å². The zero-order valence-corrected chi connectivity index (χ0v) is 15.7. The normalized spacial score (nSPS) is 17.0. The van der Waals surface area contributed by atoms with Crippen LogP contribution in [0.1, 0.15) is 18.9 Å². The molecule has 3 rings (SSSR count). The molecular formula is C19H19ClN2O2S. The molecule has 1 atom stereocenters. The van der Waals surface area contributed by atoms with Crippen molar-refractivity contribution >= 4 is 46.6 Å². The number of rotatable bonds is 3. The third-order valence-corrected chi connectivity index (χ3v) is 5.58. The number of hydrogen-bond donors (Lipinski definition) is 1. The van der Waals surface area contributed by atoms with E-state index < -0.39 is 0 Å². The van der Waals surface area contributed by atoms with E-state index in [1.54, 1.807) is 28.8 Å². The van der Waals surface area contributed by atoms with Gasteiger partial charge in [0.05, 0.1) is 5.69 Å². The number of carbonyl (C=O) groups is 2. The molecule has 2 aromatic carbocycles. The Hall–Kier alpha value is -1.98. The summed E-state index contributed by atoms with van der Waals surface area (Å²) >= 11 is 7.76. The van der Waals surface area contributed by atoms with Crippen LogP contribution in [0.15, 0.2) is 47.4 Å². The van der Waals surface area contributed by atoms with E-state index in [-0.39, 0.29) is 23.6 Å². The lowest BCUT2D eigenvalue weighted by Gasteiger charge is -2.22. The minimum Gasteiger partial charge on any atom is -0.324 e. The van der Waals surface area contributed by atoms with Gasteiger partial charge in [-0.15, -0.1) is 11.8 Å². The second-order valence-corrected chi connectivity index (χ2v) is 7.98. The third kappa shape index (κ3) is 4.17. The van der Waals surface area contributed by atoms with Crippen LogP contribution in [0.25, 0.3) is 0 Å². The maximum atomic E-state index is 12.6. The fraction of sp³-hybridized carbons (Fsp3) is 0.263. The highest BCUT2D eigenvalue weighted by Gasteiger charge is 2.27. The molecule has 0 bridgehead atoms. The van der Waals surface area contributed by atoms with Crippen molar-refractivity contribution in [3.05, 3.63) is 53.1 Å². The number of nitrogens with one attached hydrogen (secondary N) is 1. The van der Waals surface area contributed by atoms with E-state index in [0.29, 0.717) is 17.1 Å². The first-order chi connectivity index (χ1) is 11.9. The molecule has 0 saturated carbocycles. The molecule has 0 unspecified atom stereocenters. The molecule has 1 N–H and O–H groups in total. The van der Waals surface area contributed by atoms with Gasteiger partial charge < -0.3 is 10.2 Å². The molecule has 2 amide bonds. The molecule has 1 aliphatic heterocycles. The lowest BCUT2D eigenvalue weighted by molar-refractivity contribution is -0.121. The van der Waals surface area contributed by atoms with E-state index in [9.17, 15) is 9.59 Å². The van der Waals surface area contributed by atoms with Gasteiger partial charge in [-0.2, -0.15) is 0 Å². The number of carbonyl (C=O) groups excluding carboxylic acids is 2. The summed E-state index contributed by atoms with van der Waals surface area (Å²) in [5.41, 5.74) is 2.36. The first-order valence-corrected chi connectivity index (χ1v) is 9.32. The van der Waals surface area contributed by atoms with Crippen molar-refractivity contribution < 1.29 is 9.59 Å². The maximum absolute atomic E-state index is 12.6. The van der Waals surface area contributed by atoms with Gasteiger partial charge in [0.2, 0.25) is 11.8 Å². The number of halogens is 1. The SMILES string of the molecule is Cc1ccc(NC(=O)CN2C(=O)C[C@H](C)Sc3ccccc32)cc1Cl. The Bertz CT molecular complexity index is 825. The van der Waals surface area contributed by atoms with E-state index in [1.165, 1.54) is 0 Å². The number of anilines is 2. The van der Waals surface area contributed by atoms with Crippen LogP contribution in [0.5, 0.6) is 0 Å². The zero-order valence-electron chi connectivity index (χ0n) is 14.1. The quantitative estimate of drug-likeness (QED) is 0.860. The summed E-state index contributed by atoms with van der Waals surface area (Å²) in [6.07, 6.45) is 0.406. The van der Waals surface area contributed by atoms with Gasteiger partial charge in [-0.25, -0.2) is 0 Å². The molecule has 0 radical (unpaired) electrons. The monoisotopic (exact) mass is 374 g/mol. The molecule has 1 heterocycles. The number of nitrogens with zero attached hydrogens (tertiary/aromatic N) is 1. The molecule has 0 saturated heterocycles. The van der Waals surface area contributed by atoms with Crippen LogP contribution in [-0.4, -0.2) is 23.6 Å². The lowest BCUT2D eigenvalue weighted by Crippen LogP contribution is -2.38. The van der Waals surface area contributed by atoms with Gasteiger partial charge in [0.25, 0.3) is 0 Å². The van der Waals surface area contributed by atoms with Crippen LogP contribution >= 0.6 is 23.4 Å². The van der Waals surface area contributed by atoms with Gasteiger partial charge >= 0.3 is 0 Å². The maximum Gasteiger partial charge on any atom is 0.244 e. The van der Waals surface area contributed by atoms with Crippen molar-refractivity contribution in [2.24, 2.45) is 0 Å².